The molecule has 0 radical (unpaired) electrons. The minimum atomic E-state index is -0.316. The second-order valence-corrected chi connectivity index (χ2v) is 4.22. The molecule has 7 heteroatoms. The smallest absolute Gasteiger partial charge is 0.312 e. The molecule has 2 aromatic rings. The van der Waals surface area contributed by atoms with Crippen LogP contribution in [-0.2, 0) is 16.0 Å². The molecule has 0 atom stereocenters. The summed E-state index contributed by atoms with van der Waals surface area (Å²) in [6, 6.07) is 0. The number of ether oxygens (including phenoxy) is 1. The van der Waals surface area contributed by atoms with Crippen molar-refractivity contribution in [3.63, 3.8) is 0 Å². The van der Waals surface area contributed by atoms with Crippen molar-refractivity contribution in [2.45, 2.75) is 6.42 Å². The van der Waals surface area contributed by atoms with Gasteiger partial charge in [-0.15, -0.1) is 0 Å². The van der Waals surface area contributed by atoms with Crippen molar-refractivity contribution < 1.29 is 9.53 Å². The number of carbonyl (C=O) groups excluding carboxylic acids is 1. The minimum Gasteiger partial charge on any atom is -0.469 e. The zero-order valence-corrected chi connectivity index (χ0v) is 9.44. The molecule has 0 saturated carbocycles. The number of H-pyrrole nitrogens is 1. The number of nitrogens with one attached hydrogen (secondary N) is 1. The zero-order valence-electron chi connectivity index (χ0n) is 7.81. The second-order valence-electron chi connectivity index (χ2n) is 2.75. The number of esters is 1. The fourth-order valence-corrected chi connectivity index (χ4v) is 2.24. The van der Waals surface area contributed by atoms with E-state index in [-0.39, 0.29) is 12.4 Å². The molecule has 2 aromatic heterocycles. The molecule has 5 nitrogen and oxygen atoms in total. The van der Waals surface area contributed by atoms with E-state index in [0.717, 1.165) is 4.83 Å². The first-order chi connectivity index (χ1) is 7.20. The maximum atomic E-state index is 11.0. The number of thiazole rings is 1. The summed E-state index contributed by atoms with van der Waals surface area (Å²) in [5.74, 6) is -0.316. The lowest BCUT2D eigenvalue weighted by Gasteiger charge is -1.92. The molecular formula is C8H7N3O2S2. The Morgan fingerprint density at radius 3 is 3.20 bits per heavy atom. The summed E-state index contributed by atoms with van der Waals surface area (Å²) in [5, 5.41) is 0.662. The first kappa shape index (κ1) is 10.2. The molecule has 0 aliphatic carbocycles. The molecule has 2 rings (SSSR count). The SMILES string of the molecule is COC(=O)Cc1nc2c(=S)[nH]cnc2s1. The number of hydrogen-bond acceptors (Lipinski definition) is 6. The maximum Gasteiger partial charge on any atom is 0.312 e. The van der Waals surface area contributed by atoms with E-state index in [9.17, 15) is 4.79 Å². The Kier molecular flexibility index (Phi) is 2.74. The monoisotopic (exact) mass is 241 g/mol. The number of aromatic nitrogens is 3. The highest BCUT2D eigenvalue weighted by atomic mass is 32.1. The Balaban J connectivity index is 2.43. The average Bonchev–Trinajstić information content (AvgIpc) is 2.62. The van der Waals surface area contributed by atoms with Crippen molar-refractivity contribution in [1.82, 2.24) is 15.0 Å². The van der Waals surface area contributed by atoms with Crippen LogP contribution >= 0.6 is 23.6 Å². The highest BCUT2D eigenvalue weighted by Gasteiger charge is 2.10. The third kappa shape index (κ3) is 2.02. The number of aromatic amines is 1. The Hall–Kier alpha value is -1.34. The quantitative estimate of drug-likeness (QED) is 0.637. The molecule has 0 saturated heterocycles. The molecule has 0 unspecified atom stereocenters. The molecule has 0 aromatic carbocycles. The molecule has 0 fully saturated rings. The lowest BCUT2D eigenvalue weighted by molar-refractivity contribution is -0.139. The minimum absolute atomic E-state index is 0.159. The Morgan fingerprint density at radius 1 is 1.73 bits per heavy atom. The lowest BCUT2D eigenvalue weighted by Crippen LogP contribution is -2.03. The van der Waals surface area contributed by atoms with Gasteiger partial charge in [-0.2, -0.15) is 0 Å². The molecule has 0 aliphatic heterocycles. The largest absolute Gasteiger partial charge is 0.469 e. The molecular weight excluding hydrogens is 234 g/mol. The molecule has 0 bridgehead atoms. The topological polar surface area (TPSA) is 67.9 Å². The van der Waals surface area contributed by atoms with E-state index < -0.39 is 0 Å². The first-order valence-corrected chi connectivity index (χ1v) is 5.33. The molecule has 2 heterocycles. The predicted octanol–water partition coefficient (Wildman–Crippen LogP) is 1.46. The fourth-order valence-electron chi connectivity index (χ4n) is 1.08. The van der Waals surface area contributed by atoms with E-state index in [1.54, 1.807) is 0 Å². The van der Waals surface area contributed by atoms with Crippen LogP contribution in [0.25, 0.3) is 10.3 Å². The lowest BCUT2D eigenvalue weighted by atomic mass is 10.4. The molecule has 1 N–H and O–H groups in total. The standard InChI is InChI=1S/C8H7N3O2S2/c1-13-5(12)2-4-11-6-7(14)9-3-10-8(6)15-4/h3H,2H2,1H3,(H,9,10,14). The van der Waals surface area contributed by atoms with Crippen LogP contribution in [-0.4, -0.2) is 28.0 Å². The van der Waals surface area contributed by atoms with Gasteiger partial charge in [0, 0.05) is 0 Å². The van der Waals surface area contributed by atoms with Gasteiger partial charge in [0.2, 0.25) is 0 Å². The van der Waals surface area contributed by atoms with Gasteiger partial charge in [0.15, 0.2) is 0 Å². The third-order valence-corrected chi connectivity index (χ3v) is 3.04. The van der Waals surface area contributed by atoms with Gasteiger partial charge in [-0.3, -0.25) is 4.79 Å². The summed E-state index contributed by atoms with van der Waals surface area (Å²) in [7, 11) is 1.35. The number of nitrogens with zero attached hydrogens (tertiary/aromatic N) is 2. The highest BCUT2D eigenvalue weighted by molar-refractivity contribution is 7.71. The van der Waals surface area contributed by atoms with Crippen molar-refractivity contribution in [3.05, 3.63) is 16.0 Å². The zero-order chi connectivity index (χ0) is 10.8. The van der Waals surface area contributed by atoms with Gasteiger partial charge in [0.1, 0.15) is 20.0 Å². The summed E-state index contributed by atoms with van der Waals surface area (Å²) in [6.07, 6.45) is 1.68. The van der Waals surface area contributed by atoms with Crippen LogP contribution in [0.2, 0.25) is 0 Å². The van der Waals surface area contributed by atoms with E-state index in [2.05, 4.69) is 19.7 Å². The molecule has 15 heavy (non-hydrogen) atoms. The van der Waals surface area contributed by atoms with Gasteiger partial charge < -0.3 is 9.72 Å². The van der Waals surface area contributed by atoms with Gasteiger partial charge in [0.05, 0.1) is 19.9 Å². The number of fused-ring (bicyclic) bond motifs is 1. The molecule has 0 amide bonds. The van der Waals surface area contributed by atoms with Crippen LogP contribution in [0, 0.1) is 4.64 Å². The van der Waals surface area contributed by atoms with Gasteiger partial charge in [-0.05, 0) is 0 Å². The Bertz CT molecular complexity index is 560. The Labute approximate surface area is 94.1 Å². The van der Waals surface area contributed by atoms with Crippen molar-refractivity contribution in [2.24, 2.45) is 0 Å². The van der Waals surface area contributed by atoms with Crippen LogP contribution in [0.3, 0.4) is 0 Å². The van der Waals surface area contributed by atoms with Crippen LogP contribution in [0.5, 0.6) is 0 Å². The van der Waals surface area contributed by atoms with Crippen molar-refractivity contribution in [1.29, 1.82) is 0 Å². The fraction of sp³-hybridized carbons (Fsp3) is 0.250. The van der Waals surface area contributed by atoms with Crippen LogP contribution in [0.4, 0.5) is 0 Å². The first-order valence-electron chi connectivity index (χ1n) is 4.10. The van der Waals surface area contributed by atoms with Crippen LogP contribution < -0.4 is 0 Å². The average molecular weight is 241 g/mol. The van der Waals surface area contributed by atoms with Gasteiger partial charge in [-0.1, -0.05) is 23.6 Å². The number of carbonyl (C=O) groups is 1. The number of hydrogen-bond donors (Lipinski definition) is 1. The normalized spacial score (nSPS) is 10.5. The van der Waals surface area contributed by atoms with Crippen molar-refractivity contribution in [3.8, 4) is 0 Å². The van der Waals surface area contributed by atoms with Crippen LogP contribution in [0.15, 0.2) is 6.33 Å². The predicted molar refractivity (Wildman–Crippen MR) is 58.3 cm³/mol. The van der Waals surface area contributed by atoms with E-state index in [0.29, 0.717) is 15.2 Å². The number of rotatable bonds is 2. The summed E-state index contributed by atoms with van der Waals surface area (Å²) in [6.45, 7) is 0. The second kappa shape index (κ2) is 4.03. The van der Waals surface area contributed by atoms with Crippen molar-refractivity contribution >= 4 is 39.9 Å². The molecule has 78 valence electrons. The van der Waals surface area contributed by atoms with Gasteiger partial charge >= 0.3 is 5.97 Å². The van der Waals surface area contributed by atoms with E-state index in [1.807, 2.05) is 0 Å². The molecule has 0 aliphatic rings. The highest BCUT2D eigenvalue weighted by Crippen LogP contribution is 2.20. The maximum absolute atomic E-state index is 11.0. The van der Waals surface area contributed by atoms with Gasteiger partial charge in [-0.25, -0.2) is 9.97 Å². The summed E-state index contributed by atoms with van der Waals surface area (Å²) in [4.78, 5) is 22.9. The van der Waals surface area contributed by atoms with Gasteiger partial charge in [0.25, 0.3) is 0 Å². The summed E-state index contributed by atoms with van der Waals surface area (Å²) < 4.78 is 5.09. The summed E-state index contributed by atoms with van der Waals surface area (Å²) >= 11 is 6.39. The Morgan fingerprint density at radius 2 is 2.53 bits per heavy atom. The van der Waals surface area contributed by atoms with Crippen LogP contribution in [0.1, 0.15) is 5.01 Å². The van der Waals surface area contributed by atoms with E-state index >= 15 is 0 Å². The molecule has 0 spiro atoms. The number of methoxy groups -OCH3 is 1. The van der Waals surface area contributed by atoms with Crippen molar-refractivity contribution in [2.75, 3.05) is 7.11 Å². The summed E-state index contributed by atoms with van der Waals surface area (Å²) in [5.41, 5.74) is 0.636. The van der Waals surface area contributed by atoms with E-state index in [1.165, 1.54) is 24.8 Å². The van der Waals surface area contributed by atoms with E-state index in [4.69, 9.17) is 12.2 Å². The third-order valence-electron chi connectivity index (χ3n) is 1.77.